The van der Waals surface area contributed by atoms with Crippen LogP contribution in [0.15, 0.2) is 48.7 Å². The summed E-state index contributed by atoms with van der Waals surface area (Å²) < 4.78 is 0. The number of rotatable bonds is 14. The number of allylic oxidation sites excluding steroid dienone is 3. The minimum atomic E-state index is -0.975. The zero-order chi connectivity index (χ0) is 27.5. The molecule has 0 unspecified atom stereocenters. The molecule has 208 valence electrons. The van der Waals surface area contributed by atoms with Gasteiger partial charge in [0.05, 0.1) is 6.10 Å². The van der Waals surface area contributed by atoms with Gasteiger partial charge in [-0.3, -0.25) is 14.4 Å². The van der Waals surface area contributed by atoms with Gasteiger partial charge in [-0.25, -0.2) is 0 Å². The molecule has 1 heterocycles. The average Bonchev–Trinajstić information content (AvgIpc) is 2.84. The molecule has 0 spiro atoms. The van der Waals surface area contributed by atoms with E-state index >= 15 is 0 Å². The number of aliphatic hydroxyl groups is 1. The van der Waals surface area contributed by atoms with Crippen molar-refractivity contribution >= 4 is 17.7 Å². The number of carbonyl (C=O) groups excluding carboxylic acids is 3. The number of amides is 3. The Morgan fingerprint density at radius 2 is 1.84 bits per heavy atom. The lowest BCUT2D eigenvalue weighted by molar-refractivity contribution is -0.130. The Hall–Kier alpha value is -2.87. The van der Waals surface area contributed by atoms with Crippen molar-refractivity contribution in [2.24, 2.45) is 5.92 Å². The Bertz CT molecular complexity index is 802. The lowest BCUT2D eigenvalue weighted by Crippen LogP contribution is -2.55. The van der Waals surface area contributed by atoms with Crippen molar-refractivity contribution in [1.82, 2.24) is 21.3 Å². The van der Waals surface area contributed by atoms with Crippen LogP contribution in [0.1, 0.15) is 79.1 Å². The Balaban J connectivity index is 2.70. The molecule has 3 amide bonds. The third kappa shape index (κ3) is 14.5. The van der Waals surface area contributed by atoms with Gasteiger partial charge in [-0.15, -0.1) is 0 Å². The maximum absolute atomic E-state index is 13.0. The molecular weight excluding hydrogens is 468 g/mol. The van der Waals surface area contributed by atoms with E-state index in [1.54, 1.807) is 30.5 Å². The number of hydrogen-bond donors (Lipinski definition) is 5. The fraction of sp³-hybridized carbons (Fsp3) is 0.621. The molecule has 1 aliphatic heterocycles. The molecule has 0 aromatic carbocycles. The van der Waals surface area contributed by atoms with Crippen LogP contribution in [0.3, 0.4) is 0 Å². The molecule has 37 heavy (non-hydrogen) atoms. The first kappa shape index (κ1) is 32.2. The smallest absolute Gasteiger partial charge is 0.247 e. The number of unbranched alkanes of at least 4 members (excludes halogenated alkanes) is 6. The Labute approximate surface area is 223 Å². The number of carbonyl (C=O) groups is 3. The van der Waals surface area contributed by atoms with Gasteiger partial charge >= 0.3 is 0 Å². The van der Waals surface area contributed by atoms with Crippen molar-refractivity contribution in [1.29, 1.82) is 0 Å². The predicted molar refractivity (Wildman–Crippen MR) is 149 cm³/mol. The Morgan fingerprint density at radius 1 is 1.11 bits per heavy atom. The van der Waals surface area contributed by atoms with Crippen molar-refractivity contribution in [2.45, 2.75) is 103 Å². The first-order chi connectivity index (χ1) is 17.8. The van der Waals surface area contributed by atoms with E-state index in [4.69, 9.17) is 0 Å². The van der Waals surface area contributed by atoms with Crippen LogP contribution in [0.2, 0.25) is 0 Å². The maximum Gasteiger partial charge on any atom is 0.247 e. The molecule has 0 radical (unpaired) electrons. The lowest BCUT2D eigenvalue weighted by atomic mass is 10.0. The summed E-state index contributed by atoms with van der Waals surface area (Å²) in [6, 6.07) is -2.21. The molecule has 0 saturated carbocycles. The Kier molecular flexibility index (Phi) is 16.7. The molecule has 0 bridgehead atoms. The SMILES string of the molecule is CCCCCCCC/C=C/C=C/N[C@H](C(=O)N[C@H]1/C=C/CCNC(=O)/C=C/[C@H](C(C)C)NC1=O)[C@@H](C)O. The summed E-state index contributed by atoms with van der Waals surface area (Å²) >= 11 is 0. The van der Waals surface area contributed by atoms with Crippen LogP contribution in [-0.2, 0) is 14.4 Å². The summed E-state index contributed by atoms with van der Waals surface area (Å²) in [6.07, 6.45) is 22.0. The first-order valence-electron chi connectivity index (χ1n) is 13.8. The second kappa shape index (κ2) is 19.3. The van der Waals surface area contributed by atoms with Crippen LogP contribution in [0.5, 0.6) is 0 Å². The first-order valence-corrected chi connectivity index (χ1v) is 13.8. The fourth-order valence-corrected chi connectivity index (χ4v) is 3.76. The van der Waals surface area contributed by atoms with Crippen molar-refractivity contribution < 1.29 is 19.5 Å². The topological polar surface area (TPSA) is 120 Å². The van der Waals surface area contributed by atoms with Gasteiger partial charge in [0.15, 0.2) is 0 Å². The summed E-state index contributed by atoms with van der Waals surface area (Å²) in [5, 5.41) is 21.5. The standard InChI is InChI=1S/C29H48N4O4/c1-5-6-7-8-9-10-11-12-13-15-21-31-27(23(4)34)29(37)33-25-17-14-16-20-30-26(35)19-18-24(22(2)3)32-28(25)36/h12-15,17-19,21-25,27,31,34H,5-11,16,20H2,1-4H3,(H,30,35)(H,32,36)(H,33,37)/b13-12+,17-14+,19-18+,21-15+/t23-,24-,25+,27+/m1/s1. The summed E-state index contributed by atoms with van der Waals surface area (Å²) in [5.74, 6) is -1.04. The summed E-state index contributed by atoms with van der Waals surface area (Å²) in [6.45, 7) is 8.03. The van der Waals surface area contributed by atoms with Crippen LogP contribution in [0.4, 0.5) is 0 Å². The highest BCUT2D eigenvalue weighted by atomic mass is 16.3. The zero-order valence-corrected chi connectivity index (χ0v) is 23.0. The largest absolute Gasteiger partial charge is 0.391 e. The molecule has 1 aliphatic rings. The molecule has 0 aliphatic carbocycles. The third-order valence-electron chi connectivity index (χ3n) is 6.11. The van der Waals surface area contributed by atoms with Crippen molar-refractivity contribution in [2.75, 3.05) is 6.54 Å². The third-order valence-corrected chi connectivity index (χ3v) is 6.11. The molecule has 8 heteroatoms. The van der Waals surface area contributed by atoms with Crippen molar-refractivity contribution in [3.63, 3.8) is 0 Å². The number of hydrogen-bond acceptors (Lipinski definition) is 5. The number of nitrogens with one attached hydrogen (secondary N) is 4. The van der Waals surface area contributed by atoms with Crippen LogP contribution in [0.25, 0.3) is 0 Å². The van der Waals surface area contributed by atoms with E-state index < -0.39 is 24.1 Å². The summed E-state index contributed by atoms with van der Waals surface area (Å²) in [5.41, 5.74) is 0. The van der Waals surface area contributed by atoms with E-state index in [1.807, 2.05) is 19.9 Å². The van der Waals surface area contributed by atoms with Gasteiger partial charge in [0.25, 0.3) is 0 Å². The van der Waals surface area contributed by atoms with Crippen LogP contribution >= 0.6 is 0 Å². The van der Waals surface area contributed by atoms with Crippen molar-refractivity contribution in [3.05, 3.63) is 48.7 Å². The molecule has 0 saturated heterocycles. The molecule has 0 fully saturated rings. The van der Waals surface area contributed by atoms with Crippen LogP contribution < -0.4 is 21.3 Å². The van der Waals surface area contributed by atoms with Gasteiger partial charge in [-0.2, -0.15) is 0 Å². The normalized spacial score (nSPS) is 22.5. The van der Waals surface area contributed by atoms with E-state index in [-0.39, 0.29) is 23.8 Å². The highest BCUT2D eigenvalue weighted by Gasteiger charge is 2.27. The zero-order valence-electron chi connectivity index (χ0n) is 23.0. The average molecular weight is 517 g/mol. The van der Waals surface area contributed by atoms with E-state index in [9.17, 15) is 19.5 Å². The second-order valence-corrected chi connectivity index (χ2v) is 9.86. The molecule has 5 N–H and O–H groups in total. The summed E-state index contributed by atoms with van der Waals surface area (Å²) in [7, 11) is 0. The summed E-state index contributed by atoms with van der Waals surface area (Å²) in [4.78, 5) is 37.9. The minimum absolute atomic E-state index is 0.0439. The quantitative estimate of drug-likeness (QED) is 0.138. The highest BCUT2D eigenvalue weighted by Crippen LogP contribution is 2.08. The molecular formula is C29H48N4O4. The van der Waals surface area contributed by atoms with Gasteiger partial charge < -0.3 is 26.4 Å². The molecule has 0 aromatic rings. The molecule has 0 aromatic heterocycles. The molecule has 4 atom stereocenters. The lowest BCUT2D eigenvalue weighted by Gasteiger charge is -2.25. The number of aliphatic hydroxyl groups excluding tert-OH is 1. The minimum Gasteiger partial charge on any atom is -0.391 e. The van der Waals surface area contributed by atoms with Gasteiger partial charge in [0.1, 0.15) is 12.1 Å². The predicted octanol–water partition coefficient (Wildman–Crippen LogP) is 3.40. The highest BCUT2D eigenvalue weighted by molar-refractivity contribution is 5.92. The van der Waals surface area contributed by atoms with E-state index in [1.165, 1.54) is 45.1 Å². The molecule has 1 rings (SSSR count). The van der Waals surface area contributed by atoms with Gasteiger partial charge in [-0.05, 0) is 44.4 Å². The van der Waals surface area contributed by atoms with Crippen LogP contribution in [-0.4, -0.2) is 53.6 Å². The van der Waals surface area contributed by atoms with Gasteiger partial charge in [0.2, 0.25) is 17.7 Å². The second-order valence-electron chi connectivity index (χ2n) is 9.86. The van der Waals surface area contributed by atoms with E-state index in [2.05, 4.69) is 34.3 Å². The van der Waals surface area contributed by atoms with E-state index in [0.29, 0.717) is 13.0 Å². The monoisotopic (exact) mass is 516 g/mol. The van der Waals surface area contributed by atoms with E-state index in [0.717, 1.165) is 12.8 Å². The van der Waals surface area contributed by atoms with Crippen LogP contribution in [0, 0.1) is 5.92 Å². The van der Waals surface area contributed by atoms with Crippen molar-refractivity contribution in [3.8, 4) is 0 Å². The van der Waals surface area contributed by atoms with Gasteiger partial charge in [0, 0.05) is 18.7 Å². The fourth-order valence-electron chi connectivity index (χ4n) is 3.76. The molecule has 8 nitrogen and oxygen atoms in total. The Morgan fingerprint density at radius 3 is 2.54 bits per heavy atom. The maximum atomic E-state index is 13.0. The van der Waals surface area contributed by atoms with Gasteiger partial charge in [-0.1, -0.05) is 83.3 Å².